The van der Waals surface area contributed by atoms with Crippen LogP contribution in [0.1, 0.15) is 5.56 Å². The van der Waals surface area contributed by atoms with Crippen LogP contribution in [-0.4, -0.2) is 32.1 Å². The van der Waals surface area contributed by atoms with E-state index in [1.54, 1.807) is 24.7 Å². The van der Waals surface area contributed by atoms with Crippen molar-refractivity contribution in [2.75, 3.05) is 12.5 Å². The maximum atomic E-state index is 12.2. The lowest BCUT2D eigenvalue weighted by Crippen LogP contribution is -2.31. The number of hydrogen-bond donors (Lipinski definition) is 2. The van der Waals surface area contributed by atoms with Crippen LogP contribution in [0.3, 0.4) is 0 Å². The van der Waals surface area contributed by atoms with Crippen LogP contribution in [0.4, 0.5) is 10.6 Å². The van der Waals surface area contributed by atoms with Gasteiger partial charge in [0.1, 0.15) is 0 Å². The first-order chi connectivity index (χ1) is 9.82. The van der Waals surface area contributed by atoms with Gasteiger partial charge in [-0.1, -0.05) is 4.52 Å². The molecule has 0 fully saturated rings. The fourth-order valence-corrected chi connectivity index (χ4v) is 2.12. The summed E-state index contributed by atoms with van der Waals surface area (Å²) < 4.78 is 21.0. The number of rotatable bonds is 3. The van der Waals surface area contributed by atoms with Crippen LogP contribution < -0.4 is 11.3 Å². The molecule has 2 rings (SSSR count). The first-order valence-electron chi connectivity index (χ1n) is 5.63. The molecule has 1 atom stereocenters. The van der Waals surface area contributed by atoms with Crippen molar-refractivity contribution in [2.24, 2.45) is 7.05 Å². The topological polar surface area (TPSA) is 139 Å². The van der Waals surface area contributed by atoms with E-state index in [1.807, 2.05) is 0 Å². The van der Waals surface area contributed by atoms with Crippen molar-refractivity contribution in [1.29, 1.82) is 0 Å². The molecular weight excluding hydrogens is 303 g/mol. The molecule has 11 heteroatoms. The standard InChI is InChI=1S/C10H11N4O6P/c1-5-3-13(2)7-6(5)9(15)14(12-8(7)11)10(16)19-4-20-21(17)18/h3H,4H2,1-2H3,(H2-,11,12,17,18)/p+1. The van der Waals surface area contributed by atoms with Gasteiger partial charge in [-0.2, -0.15) is 0 Å². The van der Waals surface area contributed by atoms with E-state index < -0.39 is 26.7 Å². The fraction of sp³-hybridized carbons (Fsp3) is 0.300. The maximum Gasteiger partial charge on any atom is 0.698 e. The van der Waals surface area contributed by atoms with Crippen molar-refractivity contribution in [3.8, 4) is 0 Å². The van der Waals surface area contributed by atoms with E-state index in [2.05, 4.69) is 14.4 Å². The maximum absolute atomic E-state index is 12.2. The Morgan fingerprint density at radius 3 is 2.86 bits per heavy atom. The molecule has 1 unspecified atom stereocenters. The third-order valence-corrected chi connectivity index (χ3v) is 3.07. The largest absolute Gasteiger partial charge is 0.698 e. The highest BCUT2D eigenvalue weighted by Crippen LogP contribution is 2.20. The molecule has 0 aliphatic rings. The molecule has 2 aromatic heterocycles. The molecule has 0 aliphatic heterocycles. The van der Waals surface area contributed by atoms with Gasteiger partial charge < -0.3 is 15.0 Å². The van der Waals surface area contributed by atoms with Gasteiger partial charge in [0.05, 0.1) is 10.9 Å². The van der Waals surface area contributed by atoms with Crippen LogP contribution in [0.15, 0.2) is 11.0 Å². The molecule has 0 spiro atoms. The summed E-state index contributed by atoms with van der Waals surface area (Å²) in [4.78, 5) is 32.4. The van der Waals surface area contributed by atoms with Crippen LogP contribution in [0.2, 0.25) is 0 Å². The van der Waals surface area contributed by atoms with Gasteiger partial charge in [0.15, 0.2) is 5.82 Å². The molecule has 112 valence electrons. The average molecular weight is 315 g/mol. The fourth-order valence-electron chi connectivity index (χ4n) is 1.97. The Bertz CT molecular complexity index is 795. The van der Waals surface area contributed by atoms with Crippen LogP contribution >= 0.6 is 8.25 Å². The van der Waals surface area contributed by atoms with Crippen molar-refractivity contribution >= 4 is 31.1 Å². The number of aromatic nitrogens is 3. The Hall–Kier alpha value is -2.29. The van der Waals surface area contributed by atoms with E-state index in [-0.39, 0.29) is 11.2 Å². The van der Waals surface area contributed by atoms with E-state index in [9.17, 15) is 14.2 Å². The molecule has 10 nitrogen and oxygen atoms in total. The van der Waals surface area contributed by atoms with Crippen molar-refractivity contribution < 1.29 is 23.5 Å². The summed E-state index contributed by atoms with van der Waals surface area (Å²) in [5.41, 5.74) is 6.08. The predicted octanol–water partition coefficient (Wildman–Crippen LogP) is 0.234. The molecule has 0 bridgehead atoms. The van der Waals surface area contributed by atoms with Crippen LogP contribution in [0.5, 0.6) is 0 Å². The Morgan fingerprint density at radius 2 is 2.24 bits per heavy atom. The molecule has 2 aromatic rings. The van der Waals surface area contributed by atoms with E-state index in [0.717, 1.165) is 0 Å². The van der Waals surface area contributed by atoms with E-state index >= 15 is 0 Å². The second-order valence-corrected chi connectivity index (χ2v) is 4.88. The van der Waals surface area contributed by atoms with Crippen molar-refractivity contribution in [2.45, 2.75) is 6.92 Å². The SMILES string of the molecule is Cc1cn(C)c2c(N)nn(C(=O)OCO[P+](=O)O)c(=O)c12. The number of carbonyl (C=O) groups excluding carboxylic acids is 1. The number of hydrogen-bond acceptors (Lipinski definition) is 7. The summed E-state index contributed by atoms with van der Waals surface area (Å²) in [6.07, 6.45) is 0.521. The number of anilines is 1. The van der Waals surface area contributed by atoms with E-state index in [4.69, 9.17) is 10.6 Å². The Kier molecular flexibility index (Phi) is 4.03. The average Bonchev–Trinajstić information content (AvgIpc) is 2.69. The minimum atomic E-state index is -2.91. The van der Waals surface area contributed by atoms with Gasteiger partial charge in [-0.3, -0.25) is 4.79 Å². The molecule has 21 heavy (non-hydrogen) atoms. The monoisotopic (exact) mass is 315 g/mol. The molecule has 0 saturated heterocycles. The zero-order valence-electron chi connectivity index (χ0n) is 11.1. The van der Waals surface area contributed by atoms with Gasteiger partial charge in [-0.25, -0.2) is 4.79 Å². The Morgan fingerprint density at radius 1 is 1.57 bits per heavy atom. The lowest BCUT2D eigenvalue weighted by Gasteiger charge is -2.06. The molecule has 0 amide bonds. The number of nitrogens with two attached hydrogens (primary N) is 1. The number of ether oxygens (including phenoxy) is 1. The third-order valence-electron chi connectivity index (χ3n) is 2.75. The van der Waals surface area contributed by atoms with Crippen LogP contribution in [0, 0.1) is 6.92 Å². The quantitative estimate of drug-likeness (QED) is 0.606. The Balaban J connectivity index is 2.44. The second-order valence-electron chi connectivity index (χ2n) is 4.14. The number of nitrogens with zero attached hydrogens (tertiary/aromatic N) is 3. The summed E-state index contributed by atoms with van der Waals surface area (Å²) in [6, 6.07) is 0. The number of nitrogen functional groups attached to an aromatic ring is 1. The highest BCUT2D eigenvalue weighted by molar-refractivity contribution is 7.32. The highest BCUT2D eigenvalue weighted by atomic mass is 31.1. The summed E-state index contributed by atoms with van der Waals surface area (Å²) in [5, 5.41) is 3.91. The van der Waals surface area contributed by atoms with Gasteiger partial charge in [-0.05, 0) is 12.5 Å². The van der Waals surface area contributed by atoms with E-state index in [1.165, 1.54) is 0 Å². The minimum absolute atomic E-state index is 0.0219. The lowest BCUT2D eigenvalue weighted by molar-refractivity contribution is 0.0562. The second kappa shape index (κ2) is 5.60. The molecule has 0 aliphatic carbocycles. The predicted molar refractivity (Wildman–Crippen MR) is 71.8 cm³/mol. The van der Waals surface area contributed by atoms with Gasteiger partial charge >= 0.3 is 14.3 Å². The molecule has 0 aromatic carbocycles. The summed E-state index contributed by atoms with van der Waals surface area (Å²) in [7, 11) is -1.21. The Labute approximate surface area is 118 Å². The third kappa shape index (κ3) is 2.77. The first-order valence-corrected chi connectivity index (χ1v) is 6.76. The molecule has 0 radical (unpaired) electrons. The molecule has 0 saturated carbocycles. The van der Waals surface area contributed by atoms with Gasteiger partial charge in [0.25, 0.3) is 5.56 Å². The van der Waals surface area contributed by atoms with Crippen molar-refractivity contribution in [3.63, 3.8) is 0 Å². The molecule has 3 N–H and O–H groups in total. The van der Waals surface area contributed by atoms with Crippen molar-refractivity contribution in [3.05, 3.63) is 22.1 Å². The first kappa shape index (κ1) is 15.1. The van der Waals surface area contributed by atoms with Crippen LogP contribution in [-0.2, 0) is 20.9 Å². The summed E-state index contributed by atoms with van der Waals surface area (Å²) >= 11 is 0. The van der Waals surface area contributed by atoms with Gasteiger partial charge in [0.2, 0.25) is 6.79 Å². The van der Waals surface area contributed by atoms with Gasteiger partial charge in [-0.15, -0.1) is 14.7 Å². The van der Waals surface area contributed by atoms with E-state index in [0.29, 0.717) is 15.8 Å². The number of fused-ring (bicyclic) bond motifs is 1. The van der Waals surface area contributed by atoms with Gasteiger partial charge in [0, 0.05) is 17.8 Å². The number of carbonyl (C=O) groups is 1. The highest BCUT2D eigenvalue weighted by Gasteiger charge is 2.20. The smallest absolute Gasteiger partial charge is 0.416 e. The van der Waals surface area contributed by atoms with Crippen molar-refractivity contribution in [1.82, 2.24) is 14.3 Å². The molecular formula is C10H12N4O6P+. The summed E-state index contributed by atoms with van der Waals surface area (Å²) in [6.45, 7) is 0.905. The zero-order chi connectivity index (χ0) is 15.7. The normalized spacial score (nSPS) is 11.7. The minimum Gasteiger partial charge on any atom is -0.416 e. The summed E-state index contributed by atoms with van der Waals surface area (Å²) in [5.74, 6) is -0.0219. The van der Waals surface area contributed by atoms with Crippen LogP contribution in [0.25, 0.3) is 10.9 Å². The molecule has 2 heterocycles. The zero-order valence-corrected chi connectivity index (χ0v) is 12.0. The number of aryl methyl sites for hydroxylation is 2. The lowest BCUT2D eigenvalue weighted by atomic mass is 10.2.